The number of carbonyl (C=O) groups excluding carboxylic acids is 1. The van der Waals surface area contributed by atoms with Gasteiger partial charge in [-0.1, -0.05) is 0 Å². The lowest BCUT2D eigenvalue weighted by Gasteiger charge is -2.12. The van der Waals surface area contributed by atoms with Crippen molar-refractivity contribution >= 4 is 5.91 Å². The van der Waals surface area contributed by atoms with Crippen molar-refractivity contribution in [1.29, 1.82) is 0 Å². The second kappa shape index (κ2) is 5.95. The van der Waals surface area contributed by atoms with Crippen LogP contribution in [-0.2, 0) is 6.42 Å². The van der Waals surface area contributed by atoms with Gasteiger partial charge in [-0.15, -0.1) is 0 Å². The number of furan rings is 1. The molecule has 0 aliphatic carbocycles. The SMILES string of the molecule is CC(CCc1ccco1)NC(=O)c1cnccn1. The smallest absolute Gasteiger partial charge is 0.271 e. The molecule has 2 heterocycles. The largest absolute Gasteiger partial charge is 0.469 e. The summed E-state index contributed by atoms with van der Waals surface area (Å²) in [5, 5.41) is 2.88. The number of amides is 1. The summed E-state index contributed by atoms with van der Waals surface area (Å²) in [7, 11) is 0. The number of hydrogen-bond acceptors (Lipinski definition) is 4. The number of hydrogen-bond donors (Lipinski definition) is 1. The molecule has 2 aromatic rings. The van der Waals surface area contributed by atoms with E-state index in [0.29, 0.717) is 5.69 Å². The zero-order valence-electron chi connectivity index (χ0n) is 10.2. The quantitative estimate of drug-likeness (QED) is 0.872. The monoisotopic (exact) mass is 245 g/mol. The number of aryl methyl sites for hydroxylation is 1. The lowest BCUT2D eigenvalue weighted by Crippen LogP contribution is -2.33. The normalized spacial score (nSPS) is 12.1. The molecule has 2 aromatic heterocycles. The second-order valence-corrected chi connectivity index (χ2v) is 4.08. The van der Waals surface area contributed by atoms with Crippen LogP contribution in [0.25, 0.3) is 0 Å². The van der Waals surface area contributed by atoms with E-state index in [1.54, 1.807) is 6.26 Å². The maximum Gasteiger partial charge on any atom is 0.271 e. The maximum atomic E-state index is 11.8. The maximum absolute atomic E-state index is 11.8. The van der Waals surface area contributed by atoms with Crippen LogP contribution in [0.2, 0.25) is 0 Å². The molecule has 0 saturated carbocycles. The average Bonchev–Trinajstić information content (AvgIpc) is 2.90. The second-order valence-electron chi connectivity index (χ2n) is 4.08. The molecule has 2 rings (SSSR count). The number of carbonyl (C=O) groups is 1. The molecule has 5 heteroatoms. The zero-order valence-corrected chi connectivity index (χ0v) is 10.2. The molecule has 5 nitrogen and oxygen atoms in total. The molecule has 0 saturated heterocycles. The van der Waals surface area contributed by atoms with Crippen molar-refractivity contribution in [3.05, 3.63) is 48.4 Å². The van der Waals surface area contributed by atoms with E-state index in [1.165, 1.54) is 18.6 Å². The summed E-state index contributed by atoms with van der Waals surface area (Å²) < 4.78 is 5.24. The third-order valence-electron chi connectivity index (χ3n) is 2.58. The Morgan fingerprint density at radius 1 is 1.50 bits per heavy atom. The number of rotatable bonds is 5. The van der Waals surface area contributed by atoms with Crippen LogP contribution in [0.15, 0.2) is 41.4 Å². The summed E-state index contributed by atoms with van der Waals surface area (Å²) >= 11 is 0. The first kappa shape index (κ1) is 12.3. The van der Waals surface area contributed by atoms with Crippen LogP contribution in [0.4, 0.5) is 0 Å². The number of aromatic nitrogens is 2. The highest BCUT2D eigenvalue weighted by atomic mass is 16.3. The van der Waals surface area contributed by atoms with Crippen LogP contribution in [0, 0.1) is 0 Å². The van der Waals surface area contributed by atoms with Gasteiger partial charge in [0.15, 0.2) is 0 Å². The Kier molecular flexibility index (Phi) is 4.06. The van der Waals surface area contributed by atoms with Crippen LogP contribution in [-0.4, -0.2) is 21.9 Å². The molecule has 0 bridgehead atoms. The van der Waals surface area contributed by atoms with Crippen LogP contribution in [0.5, 0.6) is 0 Å². The van der Waals surface area contributed by atoms with Gasteiger partial charge in [-0.25, -0.2) is 4.98 Å². The predicted octanol–water partition coefficient (Wildman–Crippen LogP) is 1.82. The van der Waals surface area contributed by atoms with Gasteiger partial charge < -0.3 is 9.73 Å². The summed E-state index contributed by atoms with van der Waals surface area (Å²) in [4.78, 5) is 19.6. The van der Waals surface area contributed by atoms with Gasteiger partial charge in [0.1, 0.15) is 11.5 Å². The first-order chi connectivity index (χ1) is 8.75. The molecule has 1 unspecified atom stereocenters. The summed E-state index contributed by atoms with van der Waals surface area (Å²) in [5.74, 6) is 0.727. The fourth-order valence-corrected chi connectivity index (χ4v) is 1.60. The van der Waals surface area contributed by atoms with Crippen LogP contribution < -0.4 is 5.32 Å². The molecule has 94 valence electrons. The Labute approximate surface area is 105 Å². The Balaban J connectivity index is 1.80. The molecule has 0 radical (unpaired) electrons. The van der Waals surface area contributed by atoms with Gasteiger partial charge in [0.2, 0.25) is 0 Å². The Bertz CT molecular complexity index is 482. The third kappa shape index (κ3) is 3.41. The minimum Gasteiger partial charge on any atom is -0.469 e. The van der Waals surface area contributed by atoms with Gasteiger partial charge in [0, 0.05) is 24.9 Å². The highest BCUT2D eigenvalue weighted by molar-refractivity contribution is 5.92. The molecule has 0 aliphatic rings. The van der Waals surface area contributed by atoms with Gasteiger partial charge in [0.25, 0.3) is 5.91 Å². The molecule has 0 spiro atoms. The molecule has 0 aliphatic heterocycles. The van der Waals surface area contributed by atoms with Gasteiger partial charge in [0.05, 0.1) is 12.5 Å². The van der Waals surface area contributed by atoms with Crippen molar-refractivity contribution in [3.8, 4) is 0 Å². The third-order valence-corrected chi connectivity index (χ3v) is 2.58. The Morgan fingerprint density at radius 3 is 3.06 bits per heavy atom. The first-order valence-corrected chi connectivity index (χ1v) is 5.85. The predicted molar refractivity (Wildman–Crippen MR) is 66.0 cm³/mol. The summed E-state index contributed by atoms with van der Waals surface area (Å²) in [5.41, 5.74) is 0.336. The fraction of sp³-hybridized carbons (Fsp3) is 0.308. The lowest BCUT2D eigenvalue weighted by molar-refractivity contribution is 0.0932. The topological polar surface area (TPSA) is 68.0 Å². The van der Waals surface area contributed by atoms with E-state index in [0.717, 1.165) is 18.6 Å². The highest BCUT2D eigenvalue weighted by Gasteiger charge is 2.11. The van der Waals surface area contributed by atoms with Crippen LogP contribution in [0.3, 0.4) is 0 Å². The number of nitrogens with one attached hydrogen (secondary N) is 1. The van der Waals surface area contributed by atoms with E-state index in [9.17, 15) is 4.79 Å². The minimum absolute atomic E-state index is 0.0598. The van der Waals surface area contributed by atoms with Crippen molar-refractivity contribution in [3.63, 3.8) is 0 Å². The van der Waals surface area contributed by atoms with Crippen molar-refractivity contribution in [1.82, 2.24) is 15.3 Å². The van der Waals surface area contributed by atoms with Crippen molar-refractivity contribution in [2.24, 2.45) is 0 Å². The molecule has 1 atom stereocenters. The molecule has 0 fully saturated rings. The van der Waals surface area contributed by atoms with Gasteiger partial charge in [-0.2, -0.15) is 0 Å². The standard InChI is InChI=1S/C13H15N3O2/c1-10(4-5-11-3-2-8-18-11)16-13(17)12-9-14-6-7-15-12/h2-3,6-10H,4-5H2,1H3,(H,16,17). The molecule has 0 aromatic carbocycles. The first-order valence-electron chi connectivity index (χ1n) is 5.85. The van der Waals surface area contributed by atoms with E-state index in [2.05, 4.69) is 15.3 Å². The molecular formula is C13H15N3O2. The van der Waals surface area contributed by atoms with Crippen molar-refractivity contribution < 1.29 is 9.21 Å². The molecule has 18 heavy (non-hydrogen) atoms. The highest BCUT2D eigenvalue weighted by Crippen LogP contribution is 2.06. The fourth-order valence-electron chi connectivity index (χ4n) is 1.60. The molecule has 1 N–H and O–H groups in total. The Hall–Kier alpha value is -2.17. The summed E-state index contributed by atoms with van der Waals surface area (Å²) in [6.07, 6.45) is 7.76. The number of nitrogens with zero attached hydrogens (tertiary/aromatic N) is 2. The molecule has 1 amide bonds. The summed E-state index contributed by atoms with van der Waals surface area (Å²) in [6, 6.07) is 3.85. The molecular weight excluding hydrogens is 230 g/mol. The van der Waals surface area contributed by atoms with Crippen molar-refractivity contribution in [2.75, 3.05) is 0 Å². The van der Waals surface area contributed by atoms with E-state index < -0.39 is 0 Å². The van der Waals surface area contributed by atoms with Crippen LogP contribution in [0.1, 0.15) is 29.6 Å². The van der Waals surface area contributed by atoms with Crippen LogP contribution >= 0.6 is 0 Å². The lowest BCUT2D eigenvalue weighted by atomic mass is 10.1. The summed E-state index contributed by atoms with van der Waals surface area (Å²) in [6.45, 7) is 1.96. The van der Waals surface area contributed by atoms with E-state index in [4.69, 9.17) is 4.42 Å². The van der Waals surface area contributed by atoms with Gasteiger partial charge in [-0.05, 0) is 25.5 Å². The minimum atomic E-state index is -0.199. The van der Waals surface area contributed by atoms with E-state index in [-0.39, 0.29) is 11.9 Å². The van der Waals surface area contributed by atoms with Gasteiger partial charge in [-0.3, -0.25) is 9.78 Å². The van der Waals surface area contributed by atoms with Gasteiger partial charge >= 0.3 is 0 Å². The average molecular weight is 245 g/mol. The zero-order chi connectivity index (χ0) is 12.8. The Morgan fingerprint density at radius 2 is 2.39 bits per heavy atom. The van der Waals surface area contributed by atoms with E-state index in [1.807, 2.05) is 19.1 Å². The van der Waals surface area contributed by atoms with E-state index >= 15 is 0 Å². The van der Waals surface area contributed by atoms with Crippen molar-refractivity contribution in [2.45, 2.75) is 25.8 Å².